The molecule has 1 rings (SSSR count). The number of primary sulfonamides is 1. The van der Waals surface area contributed by atoms with Crippen LogP contribution in [0.2, 0.25) is 0 Å². The van der Waals surface area contributed by atoms with Crippen LogP contribution in [0, 0.1) is 13.8 Å². The van der Waals surface area contributed by atoms with E-state index in [1.165, 1.54) is 5.56 Å². The SMILES string of the molecule is Cc1cccc(OCCCCS(N)(=O)=O)c1C. The van der Waals surface area contributed by atoms with E-state index in [2.05, 4.69) is 0 Å². The van der Waals surface area contributed by atoms with Gasteiger partial charge in [-0.25, -0.2) is 13.6 Å². The largest absolute Gasteiger partial charge is 0.493 e. The lowest BCUT2D eigenvalue weighted by atomic mass is 10.1. The predicted octanol–water partition coefficient (Wildman–Crippen LogP) is 1.75. The summed E-state index contributed by atoms with van der Waals surface area (Å²) >= 11 is 0. The van der Waals surface area contributed by atoms with E-state index >= 15 is 0 Å². The molecule has 5 heteroatoms. The van der Waals surface area contributed by atoms with E-state index in [9.17, 15) is 8.42 Å². The molecule has 1 aromatic rings. The van der Waals surface area contributed by atoms with Crippen LogP contribution in [-0.4, -0.2) is 20.8 Å². The molecule has 0 aliphatic heterocycles. The molecule has 0 bridgehead atoms. The second-order valence-electron chi connectivity index (χ2n) is 4.12. The zero-order chi connectivity index (χ0) is 12.9. The van der Waals surface area contributed by atoms with Gasteiger partial charge in [-0.1, -0.05) is 12.1 Å². The maximum absolute atomic E-state index is 10.7. The van der Waals surface area contributed by atoms with Gasteiger partial charge in [-0.3, -0.25) is 0 Å². The summed E-state index contributed by atoms with van der Waals surface area (Å²) in [5, 5.41) is 4.90. The van der Waals surface area contributed by atoms with Crippen LogP contribution in [0.15, 0.2) is 18.2 Å². The van der Waals surface area contributed by atoms with Crippen molar-refractivity contribution in [3.8, 4) is 5.75 Å². The number of hydrogen-bond donors (Lipinski definition) is 1. The highest BCUT2D eigenvalue weighted by Gasteiger charge is 2.03. The molecule has 0 aromatic heterocycles. The molecule has 0 aliphatic carbocycles. The quantitative estimate of drug-likeness (QED) is 0.789. The fraction of sp³-hybridized carbons (Fsp3) is 0.500. The normalized spacial score (nSPS) is 11.5. The fourth-order valence-corrected chi connectivity index (χ4v) is 2.07. The summed E-state index contributed by atoms with van der Waals surface area (Å²) in [5.74, 6) is 0.879. The van der Waals surface area contributed by atoms with Crippen molar-refractivity contribution in [1.82, 2.24) is 0 Å². The van der Waals surface area contributed by atoms with Crippen molar-refractivity contribution in [2.45, 2.75) is 26.7 Å². The van der Waals surface area contributed by atoms with Gasteiger partial charge in [0, 0.05) is 0 Å². The van der Waals surface area contributed by atoms with Gasteiger partial charge < -0.3 is 4.74 Å². The molecule has 0 fully saturated rings. The highest BCUT2D eigenvalue weighted by Crippen LogP contribution is 2.20. The van der Waals surface area contributed by atoms with Crippen molar-refractivity contribution in [3.05, 3.63) is 29.3 Å². The number of benzene rings is 1. The lowest BCUT2D eigenvalue weighted by Gasteiger charge is -2.10. The van der Waals surface area contributed by atoms with Crippen LogP contribution in [0.1, 0.15) is 24.0 Å². The van der Waals surface area contributed by atoms with Crippen LogP contribution in [-0.2, 0) is 10.0 Å². The average molecular weight is 257 g/mol. The first kappa shape index (κ1) is 14.0. The number of ether oxygens (including phenoxy) is 1. The third-order valence-electron chi connectivity index (χ3n) is 2.64. The minimum atomic E-state index is -3.34. The minimum Gasteiger partial charge on any atom is -0.493 e. The predicted molar refractivity (Wildman–Crippen MR) is 68.6 cm³/mol. The topological polar surface area (TPSA) is 69.4 Å². The maximum Gasteiger partial charge on any atom is 0.209 e. The summed E-state index contributed by atoms with van der Waals surface area (Å²) in [5.41, 5.74) is 2.31. The molecule has 0 heterocycles. The Morgan fingerprint density at radius 1 is 1.24 bits per heavy atom. The Balaban J connectivity index is 2.34. The van der Waals surface area contributed by atoms with E-state index < -0.39 is 10.0 Å². The van der Waals surface area contributed by atoms with Gasteiger partial charge in [0.05, 0.1) is 12.4 Å². The van der Waals surface area contributed by atoms with Crippen molar-refractivity contribution in [2.75, 3.05) is 12.4 Å². The van der Waals surface area contributed by atoms with Crippen molar-refractivity contribution < 1.29 is 13.2 Å². The number of nitrogens with two attached hydrogens (primary N) is 1. The Kier molecular flexibility index (Phi) is 4.96. The molecule has 0 aliphatic rings. The van der Waals surface area contributed by atoms with Crippen LogP contribution < -0.4 is 9.88 Å². The second kappa shape index (κ2) is 6.02. The van der Waals surface area contributed by atoms with Crippen molar-refractivity contribution in [3.63, 3.8) is 0 Å². The summed E-state index contributed by atoms with van der Waals surface area (Å²) in [7, 11) is -3.34. The van der Waals surface area contributed by atoms with Gasteiger partial charge >= 0.3 is 0 Å². The van der Waals surface area contributed by atoms with Gasteiger partial charge in [-0.15, -0.1) is 0 Å². The Labute approximate surface area is 103 Å². The molecule has 96 valence electrons. The lowest BCUT2D eigenvalue weighted by Crippen LogP contribution is -2.16. The number of aryl methyl sites for hydroxylation is 1. The number of sulfonamides is 1. The van der Waals surface area contributed by atoms with Gasteiger partial charge in [0.25, 0.3) is 0 Å². The van der Waals surface area contributed by atoms with Crippen LogP contribution in [0.5, 0.6) is 5.75 Å². The third-order valence-corrected chi connectivity index (χ3v) is 3.49. The van der Waals surface area contributed by atoms with Crippen LogP contribution in [0.3, 0.4) is 0 Å². The fourth-order valence-electron chi connectivity index (χ4n) is 1.47. The number of rotatable bonds is 6. The van der Waals surface area contributed by atoms with Crippen LogP contribution in [0.4, 0.5) is 0 Å². The first-order valence-corrected chi connectivity index (χ1v) is 7.31. The molecule has 0 saturated heterocycles. The monoisotopic (exact) mass is 257 g/mol. The molecule has 0 unspecified atom stereocenters. The standard InChI is InChI=1S/C12H19NO3S/c1-10-6-5-7-12(11(10)2)16-8-3-4-9-17(13,14)15/h5-7H,3-4,8-9H2,1-2H3,(H2,13,14,15). The molecule has 2 N–H and O–H groups in total. The zero-order valence-corrected chi connectivity index (χ0v) is 11.1. The highest BCUT2D eigenvalue weighted by atomic mass is 32.2. The molecule has 1 aromatic carbocycles. The van der Waals surface area contributed by atoms with Gasteiger partial charge in [-0.05, 0) is 43.9 Å². The maximum atomic E-state index is 10.7. The summed E-state index contributed by atoms with van der Waals surface area (Å²) in [6, 6.07) is 5.90. The lowest BCUT2D eigenvalue weighted by molar-refractivity contribution is 0.307. The molecule has 17 heavy (non-hydrogen) atoms. The van der Waals surface area contributed by atoms with E-state index in [4.69, 9.17) is 9.88 Å². The van der Waals surface area contributed by atoms with Crippen molar-refractivity contribution in [2.24, 2.45) is 5.14 Å². The summed E-state index contributed by atoms with van der Waals surface area (Å²) in [4.78, 5) is 0. The average Bonchev–Trinajstić information content (AvgIpc) is 2.22. The molecule has 0 spiro atoms. The summed E-state index contributed by atoms with van der Waals surface area (Å²) < 4.78 is 27.0. The van der Waals surface area contributed by atoms with E-state index in [1.54, 1.807) is 0 Å². The van der Waals surface area contributed by atoms with E-state index in [1.807, 2.05) is 32.0 Å². The Morgan fingerprint density at radius 2 is 1.94 bits per heavy atom. The summed E-state index contributed by atoms with van der Waals surface area (Å²) in [6.07, 6.45) is 1.22. The Hall–Kier alpha value is -1.07. The Bertz CT molecular complexity index is 469. The van der Waals surface area contributed by atoms with E-state index in [-0.39, 0.29) is 5.75 Å². The molecular weight excluding hydrogens is 238 g/mol. The minimum absolute atomic E-state index is 0.0170. The molecular formula is C12H19NO3S. The van der Waals surface area contributed by atoms with Gasteiger partial charge in [0.2, 0.25) is 10.0 Å². The molecule has 0 radical (unpaired) electrons. The van der Waals surface area contributed by atoms with Crippen LogP contribution >= 0.6 is 0 Å². The molecule has 0 atom stereocenters. The Morgan fingerprint density at radius 3 is 2.59 bits per heavy atom. The summed E-state index contributed by atoms with van der Waals surface area (Å²) in [6.45, 7) is 4.55. The first-order chi connectivity index (χ1) is 7.90. The molecule has 4 nitrogen and oxygen atoms in total. The first-order valence-electron chi connectivity index (χ1n) is 5.59. The van der Waals surface area contributed by atoms with Gasteiger partial charge in [0.1, 0.15) is 5.75 Å². The second-order valence-corrected chi connectivity index (χ2v) is 5.85. The highest BCUT2D eigenvalue weighted by molar-refractivity contribution is 7.89. The van der Waals surface area contributed by atoms with Gasteiger partial charge in [-0.2, -0.15) is 0 Å². The molecule has 0 amide bonds. The van der Waals surface area contributed by atoms with E-state index in [0.717, 1.165) is 11.3 Å². The molecule has 0 saturated carbocycles. The van der Waals surface area contributed by atoms with Gasteiger partial charge in [0.15, 0.2) is 0 Å². The van der Waals surface area contributed by atoms with Crippen molar-refractivity contribution in [1.29, 1.82) is 0 Å². The van der Waals surface area contributed by atoms with E-state index in [0.29, 0.717) is 19.4 Å². The number of unbranched alkanes of at least 4 members (excludes halogenated alkanes) is 1. The smallest absolute Gasteiger partial charge is 0.209 e. The zero-order valence-electron chi connectivity index (χ0n) is 10.3. The third kappa shape index (κ3) is 5.19. The van der Waals surface area contributed by atoms with Crippen molar-refractivity contribution >= 4 is 10.0 Å². The number of hydrogen-bond acceptors (Lipinski definition) is 3. The van der Waals surface area contributed by atoms with Crippen LogP contribution in [0.25, 0.3) is 0 Å².